The molecule has 1 nitrogen and oxygen atoms in total. The Balaban J connectivity index is 2.19. The second-order valence-electron chi connectivity index (χ2n) is 0.290. The first-order valence-electron chi connectivity index (χ1n) is 0.877. The lowest BCUT2D eigenvalue weighted by atomic mass is 11.8. The van der Waals surface area contributed by atoms with Gasteiger partial charge in [-0.15, -0.1) is 0 Å². The van der Waals surface area contributed by atoms with Crippen LogP contribution < -0.4 is 0 Å². The average molecular weight is 117 g/mol. The van der Waals surface area contributed by atoms with Gasteiger partial charge in [0.2, 0.25) is 0 Å². The first-order chi connectivity index (χ1) is 2.41. The predicted octanol–water partition coefficient (Wildman–Crippen LogP) is 1.73. The third-order valence-corrected chi connectivity index (χ3v) is 0.535. The Morgan fingerprint density at radius 3 is 2.60 bits per heavy atom. The van der Waals surface area contributed by atoms with Gasteiger partial charge in [-0.1, -0.05) is 0 Å². The number of rotatable bonds is 2. The summed E-state index contributed by atoms with van der Waals surface area (Å²) in [6.07, 6.45) is 0. The van der Waals surface area contributed by atoms with E-state index in [1.807, 2.05) is 0 Å². The molecule has 0 radical (unpaired) electrons. The molecule has 0 unspecified atom stereocenters. The van der Waals surface area contributed by atoms with E-state index in [1.54, 1.807) is 0 Å². The zero-order valence-corrected chi connectivity index (χ0v) is 3.85. The highest BCUT2D eigenvalue weighted by Crippen LogP contribution is 2.02. The summed E-state index contributed by atoms with van der Waals surface area (Å²) in [5.41, 5.74) is 0. The Kier molecular flexibility index (Phi) is 5.01. The molecule has 0 fully saturated rings. The topological polar surface area (TPSA) is 9.23 Å². The third-order valence-electron chi connectivity index (χ3n) is 0.0891. The van der Waals surface area contributed by atoms with Crippen molar-refractivity contribution in [3.8, 4) is 0 Å². The summed E-state index contributed by atoms with van der Waals surface area (Å²) in [4.78, 5) is 0. The molecule has 0 saturated heterocycles. The van der Waals surface area contributed by atoms with Crippen LogP contribution in [0.4, 0.5) is 4.39 Å². The standard InChI is InChI=1S/CH2ClFOS/c2-4-5-1-3/h1H2. The quantitative estimate of drug-likeness (QED) is 0.508. The van der Waals surface area contributed by atoms with Gasteiger partial charge in [-0.25, -0.2) is 8.13 Å². The van der Waals surface area contributed by atoms with Crippen molar-refractivity contribution in [2.45, 2.75) is 0 Å². The van der Waals surface area contributed by atoms with Crippen LogP contribution in [-0.2, 0) is 3.74 Å². The van der Waals surface area contributed by atoms with Crippen LogP contribution in [0, 0.1) is 0 Å². The molecule has 0 aliphatic rings. The van der Waals surface area contributed by atoms with Gasteiger partial charge in [0.05, 0.1) is 11.9 Å². The summed E-state index contributed by atoms with van der Waals surface area (Å²) in [6, 6.07) is -0.594. The van der Waals surface area contributed by atoms with Crippen molar-refractivity contribution in [2.24, 2.45) is 0 Å². The molecular weight excluding hydrogens is 115 g/mol. The molecule has 0 aliphatic heterocycles. The zero-order chi connectivity index (χ0) is 4.12. The van der Waals surface area contributed by atoms with Gasteiger partial charge in [0.1, 0.15) is 0 Å². The molecule has 0 heterocycles. The fraction of sp³-hybridized carbons (Fsp3) is 1.00. The van der Waals surface area contributed by atoms with Gasteiger partial charge in [0.15, 0.2) is 6.01 Å². The van der Waals surface area contributed by atoms with Crippen molar-refractivity contribution in [3.05, 3.63) is 0 Å². The number of hydrogen-bond acceptors (Lipinski definition) is 2. The second-order valence-corrected chi connectivity index (χ2v) is 1.25. The van der Waals surface area contributed by atoms with E-state index >= 15 is 0 Å². The lowest BCUT2D eigenvalue weighted by Crippen LogP contribution is -1.54. The molecule has 4 heteroatoms. The van der Waals surface area contributed by atoms with E-state index in [0.717, 1.165) is 0 Å². The Morgan fingerprint density at radius 2 is 2.60 bits per heavy atom. The highest BCUT2D eigenvalue weighted by atomic mass is 35.5. The molecular formula is CH2ClFOS. The normalized spacial score (nSPS) is 8.40. The summed E-state index contributed by atoms with van der Waals surface area (Å²) < 4.78 is 14.5. The van der Waals surface area contributed by atoms with E-state index in [-0.39, 0.29) is 0 Å². The molecule has 32 valence electrons. The van der Waals surface area contributed by atoms with Gasteiger partial charge in [0.25, 0.3) is 0 Å². The molecule has 5 heavy (non-hydrogen) atoms. The Labute approximate surface area is 38.8 Å². The lowest BCUT2D eigenvalue weighted by molar-refractivity contribution is 0.583. The largest absolute Gasteiger partial charge is 0.237 e. The summed E-state index contributed by atoms with van der Waals surface area (Å²) in [6.45, 7) is 0. The Bertz CT molecular complexity index is 19.1. The van der Waals surface area contributed by atoms with Crippen LogP contribution in [0.1, 0.15) is 0 Å². The molecule has 0 aliphatic carbocycles. The molecule has 0 aromatic rings. The van der Waals surface area contributed by atoms with E-state index in [1.165, 1.54) is 0 Å². The van der Waals surface area contributed by atoms with Crippen molar-refractivity contribution in [1.29, 1.82) is 0 Å². The van der Waals surface area contributed by atoms with E-state index in [9.17, 15) is 4.39 Å². The van der Waals surface area contributed by atoms with E-state index in [0.29, 0.717) is 12.0 Å². The van der Waals surface area contributed by atoms with Gasteiger partial charge in [0, 0.05) is 12.0 Å². The minimum Gasteiger partial charge on any atom is -0.237 e. The monoisotopic (exact) mass is 116 g/mol. The van der Waals surface area contributed by atoms with Gasteiger partial charge in [-0.2, -0.15) is 0 Å². The summed E-state index contributed by atoms with van der Waals surface area (Å²) in [5.74, 6) is 0. The minimum atomic E-state index is -0.594. The van der Waals surface area contributed by atoms with E-state index < -0.39 is 6.01 Å². The Morgan fingerprint density at radius 1 is 2.00 bits per heavy atom. The lowest BCUT2D eigenvalue weighted by Gasteiger charge is -1.75. The maximum absolute atomic E-state index is 10.7. The number of alkyl halides is 1. The first-order valence-corrected chi connectivity index (χ1v) is 2.10. The van der Waals surface area contributed by atoms with Crippen LogP contribution in [-0.4, -0.2) is 6.01 Å². The van der Waals surface area contributed by atoms with Gasteiger partial charge in [-0.3, -0.25) is 0 Å². The fourth-order valence-electron chi connectivity index (χ4n) is 0.0168. The van der Waals surface area contributed by atoms with Gasteiger partial charge >= 0.3 is 0 Å². The number of halogens is 2. The summed E-state index contributed by atoms with van der Waals surface area (Å²) in [5, 5.41) is 0. The van der Waals surface area contributed by atoms with E-state index in [4.69, 9.17) is 0 Å². The van der Waals surface area contributed by atoms with Crippen LogP contribution >= 0.6 is 23.9 Å². The average Bonchev–Trinajstić information content (AvgIpc) is 1.41. The molecule has 0 atom stereocenters. The predicted molar refractivity (Wildman–Crippen MR) is 20.5 cm³/mol. The van der Waals surface area contributed by atoms with Crippen LogP contribution in [0.3, 0.4) is 0 Å². The molecule has 0 bridgehead atoms. The number of hydrogen-bond donors (Lipinski definition) is 0. The SMILES string of the molecule is FCSOCl. The van der Waals surface area contributed by atoms with Crippen molar-refractivity contribution in [2.75, 3.05) is 6.01 Å². The van der Waals surface area contributed by atoms with Crippen molar-refractivity contribution >= 4 is 23.9 Å². The molecule has 0 saturated carbocycles. The Hall–Kier alpha value is 0.530. The highest BCUT2D eigenvalue weighted by Gasteiger charge is 1.74. The van der Waals surface area contributed by atoms with Crippen molar-refractivity contribution in [3.63, 3.8) is 0 Å². The third kappa shape index (κ3) is 4.53. The second kappa shape index (κ2) is 4.53. The van der Waals surface area contributed by atoms with Crippen LogP contribution in [0.2, 0.25) is 0 Å². The first kappa shape index (κ1) is 5.53. The van der Waals surface area contributed by atoms with Crippen molar-refractivity contribution < 1.29 is 8.13 Å². The molecule has 0 aromatic heterocycles. The maximum atomic E-state index is 10.7. The van der Waals surface area contributed by atoms with Gasteiger partial charge in [-0.05, 0) is 0 Å². The highest BCUT2D eigenvalue weighted by molar-refractivity contribution is 7.95. The molecule has 0 spiro atoms. The minimum absolute atomic E-state index is 0.562. The smallest absolute Gasteiger partial charge is 0.162 e. The van der Waals surface area contributed by atoms with Crippen LogP contribution in [0.25, 0.3) is 0 Å². The van der Waals surface area contributed by atoms with Crippen molar-refractivity contribution in [1.82, 2.24) is 0 Å². The fourth-order valence-corrected chi connectivity index (χ4v) is 0.152. The summed E-state index contributed by atoms with van der Waals surface area (Å²) in [7, 11) is 0. The van der Waals surface area contributed by atoms with Crippen LogP contribution in [0.5, 0.6) is 0 Å². The maximum Gasteiger partial charge on any atom is 0.162 e. The zero-order valence-electron chi connectivity index (χ0n) is 2.28. The summed E-state index contributed by atoms with van der Waals surface area (Å²) >= 11 is 5.09. The molecule has 0 amide bonds. The van der Waals surface area contributed by atoms with Gasteiger partial charge < -0.3 is 0 Å². The molecule has 0 N–H and O–H groups in total. The van der Waals surface area contributed by atoms with E-state index in [2.05, 4.69) is 15.6 Å². The van der Waals surface area contributed by atoms with Crippen LogP contribution in [0.15, 0.2) is 0 Å². The molecule has 0 aromatic carbocycles. The molecule has 0 rings (SSSR count).